The summed E-state index contributed by atoms with van der Waals surface area (Å²) < 4.78 is 18.4. The molecule has 0 radical (unpaired) electrons. The quantitative estimate of drug-likeness (QED) is 0.687. The summed E-state index contributed by atoms with van der Waals surface area (Å²) >= 11 is 1.69. The Morgan fingerprint density at radius 2 is 1.81 bits per heavy atom. The topological polar surface area (TPSA) is 61.6 Å². The Balaban J connectivity index is 1.76. The number of aryl methyl sites for hydroxylation is 1. The SMILES string of the molecule is CCn1c(SCc2cc(OC)c(OC)cc2C)nnc1N1CCOCC1. The molecule has 7 nitrogen and oxygen atoms in total. The van der Waals surface area contributed by atoms with Gasteiger partial charge in [0.15, 0.2) is 16.7 Å². The number of nitrogens with zero attached hydrogens (tertiary/aromatic N) is 4. The molecular formula is C18H26N4O3S. The first-order chi connectivity index (χ1) is 12.7. The number of rotatable bonds is 7. The maximum atomic E-state index is 5.43. The van der Waals surface area contributed by atoms with Gasteiger partial charge in [-0.3, -0.25) is 4.57 Å². The summed E-state index contributed by atoms with van der Waals surface area (Å²) in [6.07, 6.45) is 0. The molecule has 1 aliphatic rings. The van der Waals surface area contributed by atoms with Crippen LogP contribution in [0.1, 0.15) is 18.1 Å². The highest BCUT2D eigenvalue weighted by Crippen LogP contribution is 2.33. The summed E-state index contributed by atoms with van der Waals surface area (Å²) in [5, 5.41) is 9.78. The molecule has 0 amide bonds. The summed E-state index contributed by atoms with van der Waals surface area (Å²) in [6, 6.07) is 4.05. The Morgan fingerprint density at radius 3 is 2.46 bits per heavy atom. The largest absolute Gasteiger partial charge is 0.493 e. The van der Waals surface area contributed by atoms with E-state index in [0.717, 1.165) is 61.2 Å². The summed E-state index contributed by atoms with van der Waals surface area (Å²) in [5.74, 6) is 3.24. The van der Waals surface area contributed by atoms with Gasteiger partial charge in [-0.2, -0.15) is 0 Å². The van der Waals surface area contributed by atoms with E-state index in [1.807, 2.05) is 12.1 Å². The van der Waals surface area contributed by atoms with Crippen molar-refractivity contribution in [1.29, 1.82) is 0 Å². The molecule has 0 aliphatic carbocycles. The number of hydrogen-bond acceptors (Lipinski definition) is 7. The molecule has 0 spiro atoms. The van der Waals surface area contributed by atoms with E-state index in [1.165, 1.54) is 11.1 Å². The molecule has 0 saturated carbocycles. The van der Waals surface area contributed by atoms with Gasteiger partial charge in [-0.1, -0.05) is 11.8 Å². The normalized spacial score (nSPS) is 14.5. The van der Waals surface area contributed by atoms with Gasteiger partial charge in [0.25, 0.3) is 0 Å². The summed E-state index contributed by atoms with van der Waals surface area (Å²) in [4.78, 5) is 2.24. The van der Waals surface area contributed by atoms with E-state index >= 15 is 0 Å². The molecule has 2 aromatic rings. The highest BCUT2D eigenvalue weighted by molar-refractivity contribution is 7.98. The zero-order valence-corrected chi connectivity index (χ0v) is 16.6. The molecule has 1 fully saturated rings. The number of morpholine rings is 1. The van der Waals surface area contributed by atoms with Crippen LogP contribution in [0.2, 0.25) is 0 Å². The Morgan fingerprint density at radius 1 is 1.12 bits per heavy atom. The summed E-state index contributed by atoms with van der Waals surface area (Å²) in [5.41, 5.74) is 2.37. The van der Waals surface area contributed by atoms with E-state index in [-0.39, 0.29) is 0 Å². The van der Waals surface area contributed by atoms with E-state index < -0.39 is 0 Å². The molecule has 1 aliphatic heterocycles. The average molecular weight is 378 g/mol. The van der Waals surface area contributed by atoms with Gasteiger partial charge in [0.05, 0.1) is 27.4 Å². The fraction of sp³-hybridized carbons (Fsp3) is 0.556. The fourth-order valence-electron chi connectivity index (χ4n) is 2.98. The van der Waals surface area contributed by atoms with Crippen LogP contribution in [0.25, 0.3) is 0 Å². The molecule has 2 heterocycles. The molecule has 8 heteroatoms. The van der Waals surface area contributed by atoms with E-state index in [9.17, 15) is 0 Å². The van der Waals surface area contributed by atoms with Crippen molar-refractivity contribution in [3.63, 3.8) is 0 Å². The monoisotopic (exact) mass is 378 g/mol. The number of hydrogen-bond donors (Lipinski definition) is 0. The van der Waals surface area contributed by atoms with Crippen molar-refractivity contribution in [3.05, 3.63) is 23.3 Å². The standard InChI is InChI=1S/C18H26N4O3S/c1-5-22-17(21-6-8-25-9-7-21)19-20-18(22)26-12-14-11-16(24-4)15(23-3)10-13(14)2/h10-11H,5-9,12H2,1-4H3. The number of ether oxygens (including phenoxy) is 3. The van der Waals surface area contributed by atoms with Crippen LogP contribution in [-0.4, -0.2) is 55.3 Å². The van der Waals surface area contributed by atoms with E-state index in [1.54, 1.807) is 26.0 Å². The van der Waals surface area contributed by atoms with Crippen molar-refractivity contribution in [2.45, 2.75) is 31.3 Å². The molecule has 1 saturated heterocycles. The number of benzene rings is 1. The van der Waals surface area contributed by atoms with Gasteiger partial charge in [0.1, 0.15) is 0 Å². The Labute approximate surface area is 158 Å². The maximum Gasteiger partial charge on any atom is 0.228 e. The highest BCUT2D eigenvalue weighted by atomic mass is 32.2. The van der Waals surface area contributed by atoms with Crippen LogP contribution in [0.3, 0.4) is 0 Å². The van der Waals surface area contributed by atoms with Gasteiger partial charge >= 0.3 is 0 Å². The first-order valence-corrected chi connectivity index (χ1v) is 9.76. The first-order valence-electron chi connectivity index (χ1n) is 8.78. The summed E-state index contributed by atoms with van der Waals surface area (Å²) in [6.45, 7) is 8.25. The lowest BCUT2D eigenvalue weighted by Crippen LogP contribution is -2.38. The van der Waals surface area contributed by atoms with Crippen LogP contribution < -0.4 is 14.4 Å². The number of anilines is 1. The van der Waals surface area contributed by atoms with Crippen LogP contribution in [0.15, 0.2) is 17.3 Å². The molecule has 3 rings (SSSR count). The predicted octanol–water partition coefficient (Wildman–Crippen LogP) is 2.75. The minimum atomic E-state index is 0.740. The molecule has 0 unspecified atom stereocenters. The van der Waals surface area contributed by atoms with Gasteiger partial charge < -0.3 is 19.1 Å². The average Bonchev–Trinajstić information content (AvgIpc) is 3.10. The fourth-order valence-corrected chi connectivity index (χ4v) is 4.04. The number of thioether (sulfide) groups is 1. The predicted molar refractivity (Wildman–Crippen MR) is 103 cm³/mol. The molecule has 0 atom stereocenters. The minimum absolute atomic E-state index is 0.740. The molecule has 0 bridgehead atoms. The molecule has 26 heavy (non-hydrogen) atoms. The molecule has 0 N–H and O–H groups in total. The zero-order valence-electron chi connectivity index (χ0n) is 15.8. The van der Waals surface area contributed by atoms with Crippen molar-refractivity contribution in [3.8, 4) is 11.5 Å². The molecule has 1 aromatic carbocycles. The Kier molecular flexibility index (Phi) is 6.26. The third-order valence-corrected chi connectivity index (χ3v) is 5.52. The zero-order chi connectivity index (χ0) is 18.5. The van der Waals surface area contributed by atoms with Gasteiger partial charge in [-0.25, -0.2) is 0 Å². The lowest BCUT2D eigenvalue weighted by molar-refractivity contribution is 0.121. The van der Waals surface area contributed by atoms with Crippen LogP contribution in [0.5, 0.6) is 11.5 Å². The molecule has 1 aromatic heterocycles. The number of methoxy groups -OCH3 is 2. The maximum absolute atomic E-state index is 5.43. The van der Waals surface area contributed by atoms with Crippen molar-refractivity contribution in [1.82, 2.24) is 14.8 Å². The van der Waals surface area contributed by atoms with E-state index in [0.29, 0.717) is 0 Å². The third-order valence-electron chi connectivity index (χ3n) is 4.51. The summed E-state index contributed by atoms with van der Waals surface area (Å²) in [7, 11) is 3.31. The Bertz CT molecular complexity index is 744. The van der Waals surface area contributed by atoms with Crippen LogP contribution in [0.4, 0.5) is 5.95 Å². The van der Waals surface area contributed by atoms with Crippen LogP contribution in [-0.2, 0) is 17.0 Å². The molecular weight excluding hydrogens is 352 g/mol. The van der Waals surface area contributed by atoms with Crippen molar-refractivity contribution < 1.29 is 14.2 Å². The van der Waals surface area contributed by atoms with Gasteiger partial charge in [0, 0.05) is 25.4 Å². The van der Waals surface area contributed by atoms with Crippen molar-refractivity contribution in [2.24, 2.45) is 0 Å². The van der Waals surface area contributed by atoms with Gasteiger partial charge in [0.2, 0.25) is 5.95 Å². The second kappa shape index (κ2) is 8.64. The Hall–Kier alpha value is -1.93. The number of aromatic nitrogens is 3. The third kappa shape index (κ3) is 3.91. The van der Waals surface area contributed by atoms with E-state index in [2.05, 4.69) is 33.5 Å². The van der Waals surface area contributed by atoms with Crippen molar-refractivity contribution >= 4 is 17.7 Å². The smallest absolute Gasteiger partial charge is 0.228 e. The van der Waals surface area contributed by atoms with Crippen LogP contribution in [0, 0.1) is 6.92 Å². The molecule has 142 valence electrons. The second-order valence-corrected chi connectivity index (χ2v) is 6.99. The van der Waals surface area contributed by atoms with Crippen LogP contribution >= 0.6 is 11.8 Å². The highest BCUT2D eigenvalue weighted by Gasteiger charge is 2.20. The van der Waals surface area contributed by atoms with Gasteiger partial charge in [-0.05, 0) is 37.1 Å². The first kappa shape index (κ1) is 18.8. The minimum Gasteiger partial charge on any atom is -0.493 e. The lowest BCUT2D eigenvalue weighted by atomic mass is 10.1. The van der Waals surface area contributed by atoms with E-state index in [4.69, 9.17) is 14.2 Å². The second-order valence-electron chi connectivity index (χ2n) is 6.05. The van der Waals surface area contributed by atoms with Crippen molar-refractivity contribution in [2.75, 3.05) is 45.4 Å². The van der Waals surface area contributed by atoms with Gasteiger partial charge in [-0.15, -0.1) is 10.2 Å². The lowest BCUT2D eigenvalue weighted by Gasteiger charge is -2.27.